The minimum Gasteiger partial charge on any atom is -0.461 e. The Morgan fingerprint density at radius 1 is 1.12 bits per heavy atom. The van der Waals surface area contributed by atoms with E-state index < -0.39 is 11.9 Å². The van der Waals surface area contributed by atoms with E-state index in [2.05, 4.69) is 4.74 Å². The Kier molecular flexibility index (Phi) is 8.07. The van der Waals surface area contributed by atoms with E-state index in [1.165, 1.54) is 0 Å². The molecular formula is C11H20F2O3. The summed E-state index contributed by atoms with van der Waals surface area (Å²) in [4.78, 5) is 10.6. The first-order valence-corrected chi connectivity index (χ1v) is 5.64. The van der Waals surface area contributed by atoms with Crippen LogP contribution in [-0.2, 0) is 9.53 Å². The number of unbranched alkanes of at least 4 members (excludes halogenated alkanes) is 5. The monoisotopic (exact) mass is 238 g/mol. The largest absolute Gasteiger partial charge is 0.461 e. The zero-order valence-corrected chi connectivity index (χ0v) is 9.68. The molecular weight excluding hydrogens is 218 g/mol. The fourth-order valence-corrected chi connectivity index (χ4v) is 1.21. The molecule has 5 heteroatoms. The molecule has 0 radical (unpaired) electrons. The molecule has 0 aromatic heterocycles. The SMILES string of the molecule is CC(F)(F)C(=O)OCCCCCCCCO. The fourth-order valence-electron chi connectivity index (χ4n) is 1.21. The second-order valence-electron chi connectivity index (χ2n) is 3.87. The van der Waals surface area contributed by atoms with E-state index in [0.717, 1.165) is 32.1 Å². The van der Waals surface area contributed by atoms with Crippen molar-refractivity contribution < 1.29 is 23.4 Å². The summed E-state index contributed by atoms with van der Waals surface area (Å²) < 4.78 is 29.1. The van der Waals surface area contributed by atoms with E-state index in [1.54, 1.807) is 0 Å². The molecule has 0 saturated heterocycles. The number of halogens is 2. The summed E-state index contributed by atoms with van der Waals surface area (Å²) in [5, 5.41) is 8.52. The van der Waals surface area contributed by atoms with Gasteiger partial charge in [0.25, 0.3) is 0 Å². The second-order valence-corrected chi connectivity index (χ2v) is 3.87. The van der Waals surface area contributed by atoms with E-state index >= 15 is 0 Å². The Morgan fingerprint density at radius 2 is 1.62 bits per heavy atom. The zero-order valence-electron chi connectivity index (χ0n) is 9.68. The quantitative estimate of drug-likeness (QED) is 0.496. The van der Waals surface area contributed by atoms with Crippen molar-refractivity contribution in [2.75, 3.05) is 13.2 Å². The van der Waals surface area contributed by atoms with Crippen molar-refractivity contribution in [3.63, 3.8) is 0 Å². The van der Waals surface area contributed by atoms with Gasteiger partial charge in [0.05, 0.1) is 6.61 Å². The minimum absolute atomic E-state index is 0.0578. The molecule has 0 aliphatic heterocycles. The predicted octanol–water partition coefficient (Wildman–Crippen LogP) is 2.52. The number of alkyl halides is 2. The van der Waals surface area contributed by atoms with Crippen LogP contribution in [0.25, 0.3) is 0 Å². The Bertz CT molecular complexity index is 190. The van der Waals surface area contributed by atoms with Crippen LogP contribution >= 0.6 is 0 Å². The lowest BCUT2D eigenvalue weighted by Gasteiger charge is -2.09. The fraction of sp³-hybridized carbons (Fsp3) is 0.909. The van der Waals surface area contributed by atoms with E-state index in [4.69, 9.17) is 5.11 Å². The Labute approximate surface area is 94.8 Å². The number of hydrogen-bond acceptors (Lipinski definition) is 3. The summed E-state index contributed by atoms with van der Waals surface area (Å²) in [5.41, 5.74) is 0. The average molecular weight is 238 g/mol. The highest BCUT2D eigenvalue weighted by molar-refractivity contribution is 5.76. The maximum atomic E-state index is 12.3. The smallest absolute Gasteiger partial charge is 0.376 e. The van der Waals surface area contributed by atoms with Crippen molar-refractivity contribution in [3.8, 4) is 0 Å². The number of rotatable bonds is 9. The van der Waals surface area contributed by atoms with Crippen LogP contribution in [0.15, 0.2) is 0 Å². The maximum absolute atomic E-state index is 12.3. The first kappa shape index (κ1) is 15.3. The van der Waals surface area contributed by atoms with Gasteiger partial charge in [0.2, 0.25) is 0 Å². The molecule has 0 bridgehead atoms. The molecule has 96 valence electrons. The van der Waals surface area contributed by atoms with Gasteiger partial charge in [0, 0.05) is 13.5 Å². The molecule has 0 aliphatic rings. The van der Waals surface area contributed by atoms with Gasteiger partial charge in [-0.15, -0.1) is 0 Å². The van der Waals surface area contributed by atoms with Crippen molar-refractivity contribution in [3.05, 3.63) is 0 Å². The standard InChI is InChI=1S/C11H20F2O3/c1-11(12,13)10(15)16-9-7-5-3-2-4-6-8-14/h14H,2-9H2,1H3. The molecule has 0 aromatic carbocycles. The number of carbonyl (C=O) groups is 1. The summed E-state index contributed by atoms with van der Waals surface area (Å²) in [6.45, 7) is 0.801. The van der Waals surface area contributed by atoms with Gasteiger partial charge in [-0.3, -0.25) is 0 Å². The molecule has 0 heterocycles. The average Bonchev–Trinajstić information content (AvgIpc) is 2.20. The van der Waals surface area contributed by atoms with E-state index in [-0.39, 0.29) is 13.2 Å². The molecule has 3 nitrogen and oxygen atoms in total. The maximum Gasteiger partial charge on any atom is 0.376 e. The van der Waals surface area contributed by atoms with Crippen LogP contribution in [0.3, 0.4) is 0 Å². The Balaban J connectivity index is 3.25. The summed E-state index contributed by atoms with van der Waals surface area (Å²) in [6, 6.07) is 0. The lowest BCUT2D eigenvalue weighted by molar-refractivity contribution is -0.169. The summed E-state index contributed by atoms with van der Waals surface area (Å²) in [6.07, 6.45) is 5.23. The lowest BCUT2D eigenvalue weighted by Crippen LogP contribution is -2.27. The third-order valence-corrected chi connectivity index (χ3v) is 2.14. The topological polar surface area (TPSA) is 46.5 Å². The molecule has 0 spiro atoms. The first-order valence-electron chi connectivity index (χ1n) is 5.64. The number of carbonyl (C=O) groups excluding carboxylic acids is 1. The van der Waals surface area contributed by atoms with Crippen molar-refractivity contribution in [1.29, 1.82) is 0 Å². The highest BCUT2D eigenvalue weighted by Crippen LogP contribution is 2.14. The van der Waals surface area contributed by atoms with E-state index in [0.29, 0.717) is 13.3 Å². The van der Waals surface area contributed by atoms with Crippen molar-refractivity contribution >= 4 is 5.97 Å². The number of aliphatic hydroxyl groups is 1. The van der Waals surface area contributed by atoms with Crippen LogP contribution in [0, 0.1) is 0 Å². The van der Waals surface area contributed by atoms with Gasteiger partial charge in [-0.05, 0) is 12.8 Å². The highest BCUT2D eigenvalue weighted by atomic mass is 19.3. The molecule has 0 saturated carbocycles. The van der Waals surface area contributed by atoms with Crippen molar-refractivity contribution in [1.82, 2.24) is 0 Å². The molecule has 0 fully saturated rings. The summed E-state index contributed by atoms with van der Waals surface area (Å²) in [7, 11) is 0. The molecule has 0 aromatic rings. The zero-order chi connectivity index (χ0) is 12.4. The molecule has 0 amide bonds. The first-order chi connectivity index (χ1) is 7.48. The van der Waals surface area contributed by atoms with Crippen LogP contribution in [-0.4, -0.2) is 30.2 Å². The number of ether oxygens (including phenoxy) is 1. The molecule has 16 heavy (non-hydrogen) atoms. The minimum atomic E-state index is -3.39. The number of esters is 1. The van der Waals surface area contributed by atoms with E-state index in [9.17, 15) is 13.6 Å². The van der Waals surface area contributed by atoms with Crippen LogP contribution in [0.1, 0.15) is 45.4 Å². The second kappa shape index (κ2) is 8.44. The predicted molar refractivity (Wildman–Crippen MR) is 56.4 cm³/mol. The normalized spacial score (nSPS) is 11.5. The van der Waals surface area contributed by atoms with Gasteiger partial charge in [-0.1, -0.05) is 25.7 Å². The molecule has 1 N–H and O–H groups in total. The third-order valence-electron chi connectivity index (χ3n) is 2.14. The van der Waals surface area contributed by atoms with Crippen LogP contribution in [0.2, 0.25) is 0 Å². The highest BCUT2D eigenvalue weighted by Gasteiger charge is 2.33. The summed E-state index contributed by atoms with van der Waals surface area (Å²) in [5.74, 6) is -4.84. The van der Waals surface area contributed by atoms with Gasteiger partial charge in [0.15, 0.2) is 0 Å². The van der Waals surface area contributed by atoms with Gasteiger partial charge in [-0.2, -0.15) is 8.78 Å². The van der Waals surface area contributed by atoms with Gasteiger partial charge in [0.1, 0.15) is 0 Å². The van der Waals surface area contributed by atoms with Gasteiger partial charge in [-0.25, -0.2) is 4.79 Å². The molecule has 0 aliphatic carbocycles. The van der Waals surface area contributed by atoms with Crippen LogP contribution in [0.4, 0.5) is 8.78 Å². The molecule has 0 unspecified atom stereocenters. The Hall–Kier alpha value is -0.710. The number of hydrogen-bond donors (Lipinski definition) is 1. The summed E-state index contributed by atoms with van der Waals surface area (Å²) >= 11 is 0. The van der Waals surface area contributed by atoms with Crippen LogP contribution in [0.5, 0.6) is 0 Å². The lowest BCUT2D eigenvalue weighted by atomic mass is 10.1. The third kappa shape index (κ3) is 8.59. The van der Waals surface area contributed by atoms with E-state index in [1.807, 2.05) is 0 Å². The van der Waals surface area contributed by atoms with Gasteiger partial charge < -0.3 is 9.84 Å². The van der Waals surface area contributed by atoms with Crippen LogP contribution < -0.4 is 0 Å². The number of aliphatic hydroxyl groups excluding tert-OH is 1. The van der Waals surface area contributed by atoms with Crippen molar-refractivity contribution in [2.45, 2.75) is 51.4 Å². The molecule has 0 rings (SSSR count). The van der Waals surface area contributed by atoms with Crippen molar-refractivity contribution in [2.24, 2.45) is 0 Å². The van der Waals surface area contributed by atoms with Gasteiger partial charge >= 0.3 is 11.9 Å². The molecule has 0 atom stereocenters. The Morgan fingerprint density at radius 3 is 2.12 bits per heavy atom.